The lowest BCUT2D eigenvalue weighted by Crippen LogP contribution is -2.39. The monoisotopic (exact) mass is 369 g/mol. The van der Waals surface area contributed by atoms with Crippen molar-refractivity contribution in [1.29, 1.82) is 0 Å². The van der Waals surface area contributed by atoms with Gasteiger partial charge in [0.2, 0.25) is 0 Å². The molecule has 0 aliphatic rings. The molecule has 0 amide bonds. The van der Waals surface area contributed by atoms with E-state index in [1.54, 1.807) is 0 Å². The molecular formula is C18H21Cl2NO3. The molecule has 2 N–H and O–H groups in total. The second-order valence-corrected chi connectivity index (χ2v) is 6.02. The third-order valence-corrected chi connectivity index (χ3v) is 4.11. The number of hydrogen-bond donors (Lipinski definition) is 2. The molecule has 0 saturated heterocycles. The molecule has 0 spiro atoms. The highest BCUT2D eigenvalue weighted by Crippen LogP contribution is 2.32. The summed E-state index contributed by atoms with van der Waals surface area (Å²) in [4.78, 5) is 1.83. The highest BCUT2D eigenvalue weighted by molar-refractivity contribution is 6.18. The zero-order valence-electron chi connectivity index (χ0n) is 13.2. The first-order valence-corrected chi connectivity index (χ1v) is 8.76. The minimum Gasteiger partial charge on any atom is -0.455 e. The average molecular weight is 370 g/mol. The van der Waals surface area contributed by atoms with Crippen molar-refractivity contribution < 1.29 is 14.9 Å². The summed E-state index contributed by atoms with van der Waals surface area (Å²) in [6, 6.07) is 16.9. The molecule has 0 saturated carbocycles. The van der Waals surface area contributed by atoms with E-state index < -0.39 is 12.2 Å². The largest absolute Gasteiger partial charge is 0.455 e. The summed E-state index contributed by atoms with van der Waals surface area (Å²) in [5, 5.41) is 19.9. The SMILES string of the molecule is OC(CCl)CN(CC(O)CCl)c1ccccc1Oc1ccccc1. The van der Waals surface area contributed by atoms with E-state index in [9.17, 15) is 10.2 Å². The van der Waals surface area contributed by atoms with Crippen molar-refractivity contribution in [3.63, 3.8) is 0 Å². The van der Waals surface area contributed by atoms with Gasteiger partial charge in [0.15, 0.2) is 5.75 Å². The van der Waals surface area contributed by atoms with Crippen LogP contribution in [-0.2, 0) is 0 Å². The van der Waals surface area contributed by atoms with Crippen LogP contribution in [0.2, 0.25) is 0 Å². The molecule has 2 rings (SSSR count). The predicted molar refractivity (Wildman–Crippen MR) is 98.6 cm³/mol. The lowest BCUT2D eigenvalue weighted by molar-refractivity contribution is 0.181. The Morgan fingerprint density at radius 2 is 1.38 bits per heavy atom. The first-order chi connectivity index (χ1) is 11.6. The maximum Gasteiger partial charge on any atom is 0.150 e. The van der Waals surface area contributed by atoms with E-state index in [1.165, 1.54) is 0 Å². The highest BCUT2D eigenvalue weighted by Gasteiger charge is 2.19. The summed E-state index contributed by atoms with van der Waals surface area (Å²) in [5.41, 5.74) is 0.759. The Morgan fingerprint density at radius 3 is 1.96 bits per heavy atom. The molecule has 24 heavy (non-hydrogen) atoms. The number of nitrogens with zero attached hydrogens (tertiary/aromatic N) is 1. The van der Waals surface area contributed by atoms with Gasteiger partial charge in [-0.15, -0.1) is 23.2 Å². The van der Waals surface area contributed by atoms with Crippen molar-refractivity contribution >= 4 is 28.9 Å². The molecule has 0 bridgehead atoms. The number of halogens is 2. The van der Waals surface area contributed by atoms with Gasteiger partial charge in [-0.1, -0.05) is 30.3 Å². The topological polar surface area (TPSA) is 52.9 Å². The number of benzene rings is 2. The van der Waals surface area contributed by atoms with Gasteiger partial charge in [0.05, 0.1) is 29.7 Å². The quantitative estimate of drug-likeness (QED) is 0.664. The van der Waals surface area contributed by atoms with E-state index >= 15 is 0 Å². The summed E-state index contributed by atoms with van der Waals surface area (Å²) in [6.45, 7) is 0.541. The second-order valence-electron chi connectivity index (χ2n) is 5.40. The average Bonchev–Trinajstić information content (AvgIpc) is 2.62. The maximum absolute atomic E-state index is 9.93. The van der Waals surface area contributed by atoms with Gasteiger partial charge in [-0.05, 0) is 24.3 Å². The van der Waals surface area contributed by atoms with Crippen LogP contribution >= 0.6 is 23.2 Å². The van der Waals surface area contributed by atoms with Crippen LogP contribution in [0.4, 0.5) is 5.69 Å². The van der Waals surface area contributed by atoms with Crippen molar-refractivity contribution in [3.8, 4) is 11.5 Å². The van der Waals surface area contributed by atoms with Crippen LogP contribution in [0.15, 0.2) is 54.6 Å². The highest BCUT2D eigenvalue weighted by atomic mass is 35.5. The summed E-state index contributed by atoms with van der Waals surface area (Å²) in [7, 11) is 0. The van der Waals surface area contributed by atoms with Crippen LogP contribution in [0, 0.1) is 0 Å². The minimum absolute atomic E-state index is 0.106. The Bertz CT molecular complexity index is 600. The number of ether oxygens (including phenoxy) is 1. The normalized spacial score (nSPS) is 13.3. The van der Waals surface area contributed by atoms with Crippen LogP contribution in [0.1, 0.15) is 0 Å². The van der Waals surface area contributed by atoms with Gasteiger partial charge < -0.3 is 19.8 Å². The first kappa shape index (κ1) is 18.9. The predicted octanol–water partition coefficient (Wildman–Crippen LogP) is 3.48. The summed E-state index contributed by atoms with van der Waals surface area (Å²) < 4.78 is 5.95. The van der Waals surface area contributed by atoms with E-state index in [4.69, 9.17) is 27.9 Å². The van der Waals surface area contributed by atoms with Gasteiger partial charge >= 0.3 is 0 Å². The van der Waals surface area contributed by atoms with Gasteiger partial charge in [0, 0.05) is 13.1 Å². The number of para-hydroxylation sites is 3. The number of anilines is 1. The fourth-order valence-corrected chi connectivity index (χ4v) is 2.49. The number of hydrogen-bond acceptors (Lipinski definition) is 4. The van der Waals surface area contributed by atoms with Crippen LogP contribution in [0.3, 0.4) is 0 Å². The molecule has 0 aromatic heterocycles. The molecule has 6 heteroatoms. The van der Waals surface area contributed by atoms with Crippen LogP contribution in [0.5, 0.6) is 11.5 Å². The molecule has 0 heterocycles. The van der Waals surface area contributed by atoms with E-state index in [0.717, 1.165) is 5.69 Å². The first-order valence-electron chi connectivity index (χ1n) is 7.69. The third kappa shape index (κ3) is 5.56. The fraction of sp³-hybridized carbons (Fsp3) is 0.333. The Labute approximate surface area is 152 Å². The number of alkyl halides is 2. The maximum atomic E-state index is 9.93. The summed E-state index contributed by atoms with van der Waals surface area (Å²) >= 11 is 11.5. The molecule has 2 aromatic rings. The van der Waals surface area contributed by atoms with Crippen LogP contribution < -0.4 is 9.64 Å². The smallest absolute Gasteiger partial charge is 0.150 e. The van der Waals surface area contributed by atoms with Crippen molar-refractivity contribution in [2.75, 3.05) is 29.7 Å². The molecule has 4 nitrogen and oxygen atoms in total. The number of aliphatic hydroxyl groups excluding tert-OH is 2. The van der Waals surface area contributed by atoms with E-state index in [2.05, 4.69) is 0 Å². The Kier molecular flexibility index (Phi) is 7.66. The molecule has 2 unspecified atom stereocenters. The summed E-state index contributed by atoms with van der Waals surface area (Å²) in [6.07, 6.45) is -1.45. The van der Waals surface area contributed by atoms with E-state index in [0.29, 0.717) is 11.5 Å². The van der Waals surface area contributed by atoms with Gasteiger partial charge in [-0.2, -0.15) is 0 Å². The zero-order chi connectivity index (χ0) is 17.4. The standard InChI is InChI=1S/C18H21Cl2NO3/c19-10-14(22)12-21(13-15(23)11-20)17-8-4-5-9-18(17)24-16-6-2-1-3-7-16/h1-9,14-15,22-23H,10-13H2. The number of aliphatic hydroxyl groups is 2. The molecule has 0 aliphatic heterocycles. The van der Waals surface area contributed by atoms with Gasteiger partial charge in [-0.25, -0.2) is 0 Å². The molecule has 0 aliphatic carbocycles. The number of rotatable bonds is 9. The molecule has 2 atom stereocenters. The van der Waals surface area contributed by atoms with Gasteiger partial charge in [0.1, 0.15) is 5.75 Å². The lowest BCUT2D eigenvalue weighted by Gasteiger charge is -2.29. The Morgan fingerprint density at radius 1 is 0.833 bits per heavy atom. The second kappa shape index (κ2) is 9.74. The van der Waals surface area contributed by atoms with Crippen LogP contribution in [0.25, 0.3) is 0 Å². The van der Waals surface area contributed by atoms with Crippen molar-refractivity contribution in [2.45, 2.75) is 12.2 Å². The van der Waals surface area contributed by atoms with Crippen LogP contribution in [-0.4, -0.2) is 47.3 Å². The van der Waals surface area contributed by atoms with Crippen molar-refractivity contribution in [3.05, 3.63) is 54.6 Å². The van der Waals surface area contributed by atoms with Crippen molar-refractivity contribution in [2.24, 2.45) is 0 Å². The minimum atomic E-state index is -0.723. The Balaban J connectivity index is 2.27. The molecular weight excluding hydrogens is 349 g/mol. The van der Waals surface area contributed by atoms with E-state index in [1.807, 2.05) is 59.5 Å². The fourth-order valence-electron chi connectivity index (χ4n) is 2.30. The molecule has 0 fully saturated rings. The molecule has 2 aromatic carbocycles. The van der Waals surface area contributed by atoms with Gasteiger partial charge in [-0.3, -0.25) is 0 Å². The van der Waals surface area contributed by atoms with Gasteiger partial charge in [0.25, 0.3) is 0 Å². The molecule has 130 valence electrons. The third-order valence-electron chi connectivity index (χ3n) is 3.40. The zero-order valence-corrected chi connectivity index (χ0v) is 14.7. The van der Waals surface area contributed by atoms with E-state index in [-0.39, 0.29) is 24.8 Å². The van der Waals surface area contributed by atoms with Crippen molar-refractivity contribution in [1.82, 2.24) is 0 Å². The lowest BCUT2D eigenvalue weighted by atomic mass is 10.2. The summed E-state index contributed by atoms with van der Waals surface area (Å²) in [5.74, 6) is 1.55. The Hall–Kier alpha value is -1.46. The molecule has 0 radical (unpaired) electrons.